The van der Waals surface area contributed by atoms with Gasteiger partial charge in [-0.2, -0.15) is 0 Å². The van der Waals surface area contributed by atoms with Crippen LogP contribution in [-0.2, 0) is 4.79 Å². The predicted octanol–water partition coefficient (Wildman–Crippen LogP) is 2.38. The molecule has 1 amide bonds. The second kappa shape index (κ2) is 6.36. The highest BCUT2D eigenvalue weighted by molar-refractivity contribution is 8.00. The standard InChI is InChI=1S/C13H16ClN5OS/c1-7-4-5-10(14)6-11(7)16-12(20)8(2)21-13-18-17-9(3)19(13)15/h4-6,8H,15H2,1-3H3,(H,16,20)/t8-/m0/s1. The number of aryl methyl sites for hydroxylation is 2. The molecule has 2 aromatic rings. The molecule has 8 heteroatoms. The summed E-state index contributed by atoms with van der Waals surface area (Å²) in [5, 5.41) is 11.3. The Balaban J connectivity index is 2.06. The van der Waals surface area contributed by atoms with Crippen molar-refractivity contribution in [3.8, 4) is 0 Å². The Morgan fingerprint density at radius 3 is 2.76 bits per heavy atom. The van der Waals surface area contributed by atoms with E-state index in [9.17, 15) is 4.79 Å². The molecular weight excluding hydrogens is 310 g/mol. The Kier molecular flexibility index (Phi) is 4.74. The number of nitrogens with zero attached hydrogens (tertiary/aromatic N) is 3. The van der Waals surface area contributed by atoms with E-state index in [2.05, 4.69) is 15.5 Å². The highest BCUT2D eigenvalue weighted by Gasteiger charge is 2.19. The zero-order valence-corrected chi connectivity index (χ0v) is 13.5. The van der Waals surface area contributed by atoms with Gasteiger partial charge in [0.15, 0.2) is 0 Å². The quantitative estimate of drug-likeness (QED) is 0.666. The van der Waals surface area contributed by atoms with E-state index in [4.69, 9.17) is 17.4 Å². The van der Waals surface area contributed by atoms with Crippen LogP contribution in [0.25, 0.3) is 0 Å². The fourth-order valence-corrected chi connectivity index (χ4v) is 2.59. The molecule has 1 atom stereocenters. The SMILES string of the molecule is Cc1ccc(Cl)cc1NC(=O)[C@H](C)Sc1nnc(C)n1N. The monoisotopic (exact) mass is 325 g/mol. The highest BCUT2D eigenvalue weighted by atomic mass is 35.5. The second-order valence-electron chi connectivity index (χ2n) is 4.61. The number of hydrogen-bond donors (Lipinski definition) is 2. The fourth-order valence-electron chi connectivity index (χ4n) is 1.61. The van der Waals surface area contributed by atoms with E-state index >= 15 is 0 Å². The van der Waals surface area contributed by atoms with Crippen LogP contribution < -0.4 is 11.2 Å². The van der Waals surface area contributed by atoms with E-state index in [1.165, 1.54) is 16.4 Å². The minimum atomic E-state index is -0.366. The molecule has 0 saturated carbocycles. The van der Waals surface area contributed by atoms with Crippen LogP contribution in [0.5, 0.6) is 0 Å². The summed E-state index contributed by atoms with van der Waals surface area (Å²) in [4.78, 5) is 12.2. The summed E-state index contributed by atoms with van der Waals surface area (Å²) in [6, 6.07) is 5.36. The smallest absolute Gasteiger partial charge is 0.237 e. The van der Waals surface area contributed by atoms with Gasteiger partial charge in [0.05, 0.1) is 5.25 Å². The van der Waals surface area contributed by atoms with Crippen LogP contribution in [0.15, 0.2) is 23.4 Å². The van der Waals surface area contributed by atoms with Gasteiger partial charge in [-0.15, -0.1) is 10.2 Å². The van der Waals surface area contributed by atoms with Gasteiger partial charge in [0.2, 0.25) is 11.1 Å². The van der Waals surface area contributed by atoms with Crippen molar-refractivity contribution in [1.82, 2.24) is 14.9 Å². The van der Waals surface area contributed by atoms with Crippen LogP contribution in [0.1, 0.15) is 18.3 Å². The third kappa shape index (κ3) is 3.68. The molecule has 1 aromatic heterocycles. The normalized spacial score (nSPS) is 12.2. The van der Waals surface area contributed by atoms with Crippen molar-refractivity contribution in [1.29, 1.82) is 0 Å². The van der Waals surface area contributed by atoms with Crippen molar-refractivity contribution in [2.45, 2.75) is 31.2 Å². The highest BCUT2D eigenvalue weighted by Crippen LogP contribution is 2.24. The first-order valence-electron chi connectivity index (χ1n) is 6.29. The first kappa shape index (κ1) is 15.7. The lowest BCUT2D eigenvalue weighted by Gasteiger charge is -2.13. The molecule has 0 radical (unpaired) electrons. The number of nitrogens with one attached hydrogen (secondary N) is 1. The Hall–Kier alpha value is -1.73. The zero-order chi connectivity index (χ0) is 15.6. The van der Waals surface area contributed by atoms with Crippen molar-refractivity contribution in [3.05, 3.63) is 34.6 Å². The number of thioether (sulfide) groups is 1. The number of nitrogen functional groups attached to an aromatic ring is 1. The molecule has 0 bridgehead atoms. The van der Waals surface area contributed by atoms with Gasteiger partial charge in [-0.25, -0.2) is 4.68 Å². The first-order valence-corrected chi connectivity index (χ1v) is 7.55. The van der Waals surface area contributed by atoms with E-state index in [-0.39, 0.29) is 11.2 Å². The van der Waals surface area contributed by atoms with Crippen LogP contribution in [0.2, 0.25) is 5.02 Å². The summed E-state index contributed by atoms with van der Waals surface area (Å²) in [6.07, 6.45) is 0. The number of rotatable bonds is 4. The molecule has 0 fully saturated rings. The van der Waals surface area contributed by atoms with Crippen LogP contribution in [-0.4, -0.2) is 26.0 Å². The molecule has 112 valence electrons. The topological polar surface area (TPSA) is 85.8 Å². The lowest BCUT2D eigenvalue weighted by molar-refractivity contribution is -0.115. The average Bonchev–Trinajstić information content (AvgIpc) is 2.74. The number of anilines is 1. The molecule has 21 heavy (non-hydrogen) atoms. The van der Waals surface area contributed by atoms with Crippen molar-refractivity contribution >= 4 is 35.0 Å². The number of carbonyl (C=O) groups excluding carboxylic acids is 1. The molecule has 0 aliphatic carbocycles. The minimum Gasteiger partial charge on any atom is -0.336 e. The van der Waals surface area contributed by atoms with Gasteiger partial charge in [-0.1, -0.05) is 29.4 Å². The van der Waals surface area contributed by atoms with E-state index in [0.717, 1.165) is 5.56 Å². The van der Waals surface area contributed by atoms with E-state index in [1.807, 2.05) is 13.0 Å². The minimum absolute atomic E-state index is 0.147. The molecule has 1 heterocycles. The number of amides is 1. The average molecular weight is 326 g/mol. The Morgan fingerprint density at radius 1 is 1.43 bits per heavy atom. The van der Waals surface area contributed by atoms with Gasteiger partial charge in [-0.3, -0.25) is 4.79 Å². The maximum absolute atomic E-state index is 12.2. The first-order chi connectivity index (χ1) is 9.88. The molecule has 0 spiro atoms. The van der Waals surface area contributed by atoms with E-state index < -0.39 is 0 Å². The van der Waals surface area contributed by atoms with Gasteiger partial charge in [0.25, 0.3) is 0 Å². The molecule has 6 nitrogen and oxygen atoms in total. The lowest BCUT2D eigenvalue weighted by atomic mass is 10.2. The van der Waals surface area contributed by atoms with Crippen LogP contribution in [0.4, 0.5) is 5.69 Å². The lowest BCUT2D eigenvalue weighted by Crippen LogP contribution is -2.24. The van der Waals surface area contributed by atoms with Crippen molar-refractivity contribution in [2.24, 2.45) is 0 Å². The summed E-state index contributed by atoms with van der Waals surface area (Å²) >= 11 is 7.19. The van der Waals surface area contributed by atoms with Crippen LogP contribution >= 0.6 is 23.4 Å². The third-order valence-corrected chi connectivity index (χ3v) is 4.24. The van der Waals surface area contributed by atoms with Crippen molar-refractivity contribution in [2.75, 3.05) is 11.2 Å². The largest absolute Gasteiger partial charge is 0.336 e. The van der Waals surface area contributed by atoms with Gasteiger partial charge < -0.3 is 11.2 Å². The maximum Gasteiger partial charge on any atom is 0.237 e. The number of nitrogens with two attached hydrogens (primary N) is 1. The Morgan fingerprint density at radius 2 is 2.14 bits per heavy atom. The molecule has 0 aliphatic rings. The molecule has 3 N–H and O–H groups in total. The molecule has 1 aromatic carbocycles. The van der Waals surface area contributed by atoms with Gasteiger partial charge in [-0.05, 0) is 38.5 Å². The predicted molar refractivity (Wildman–Crippen MR) is 85.0 cm³/mol. The van der Waals surface area contributed by atoms with Gasteiger partial charge >= 0.3 is 0 Å². The third-order valence-electron chi connectivity index (χ3n) is 2.94. The molecular formula is C13H16ClN5OS. The van der Waals surface area contributed by atoms with Crippen LogP contribution in [0.3, 0.4) is 0 Å². The summed E-state index contributed by atoms with van der Waals surface area (Å²) in [6.45, 7) is 5.44. The van der Waals surface area contributed by atoms with E-state index in [1.54, 1.807) is 26.0 Å². The fraction of sp³-hybridized carbons (Fsp3) is 0.308. The zero-order valence-electron chi connectivity index (χ0n) is 11.9. The summed E-state index contributed by atoms with van der Waals surface area (Å²) in [7, 11) is 0. The van der Waals surface area contributed by atoms with Crippen LogP contribution in [0, 0.1) is 13.8 Å². The Labute approximate surface area is 132 Å². The summed E-state index contributed by atoms with van der Waals surface area (Å²) < 4.78 is 1.36. The number of halogens is 1. The summed E-state index contributed by atoms with van der Waals surface area (Å²) in [5.41, 5.74) is 1.65. The summed E-state index contributed by atoms with van der Waals surface area (Å²) in [5.74, 6) is 6.22. The molecule has 2 rings (SSSR count). The maximum atomic E-state index is 12.2. The van der Waals surface area contributed by atoms with Gasteiger partial charge in [0, 0.05) is 10.7 Å². The van der Waals surface area contributed by atoms with E-state index in [0.29, 0.717) is 21.7 Å². The number of benzene rings is 1. The second-order valence-corrected chi connectivity index (χ2v) is 6.35. The van der Waals surface area contributed by atoms with Gasteiger partial charge in [0.1, 0.15) is 5.82 Å². The number of hydrogen-bond acceptors (Lipinski definition) is 5. The molecule has 0 aliphatic heterocycles. The number of aromatic nitrogens is 3. The molecule has 0 unspecified atom stereocenters. The van der Waals surface area contributed by atoms with Crippen molar-refractivity contribution < 1.29 is 4.79 Å². The molecule has 0 saturated heterocycles. The Bertz CT molecular complexity index is 673. The number of carbonyl (C=O) groups is 1. The van der Waals surface area contributed by atoms with Crippen molar-refractivity contribution in [3.63, 3.8) is 0 Å².